The maximum atomic E-state index is 13.1. The number of likely N-dealkylation sites (tertiary alicyclic amines) is 1. The number of amides is 1. The van der Waals surface area contributed by atoms with Crippen LogP contribution in [0.3, 0.4) is 0 Å². The second kappa shape index (κ2) is 11.1. The number of rotatable bonds is 6. The highest BCUT2D eigenvalue weighted by molar-refractivity contribution is 5.76. The number of ether oxygens (including phenoxy) is 2. The van der Waals surface area contributed by atoms with Gasteiger partial charge in [0.25, 0.3) is 0 Å². The standard InChI is InChI=1S/C39H45N5O4/c1-38(2,3)47-36(45)33-27-15-25(27)16-28(33)34-40-19-29(42-34)23-11-7-21(8-12-23)22-9-13-24(14-10-22)30-20-41-35(43-30)32-18-26-17-31(26)44(32)37(46)48-39(4,5)6/h7-14,19-20,25-28,31-33H,15-18H2,1-6H3,(H,40,42)(H,41,43)/t25-,26-,27-,28-,31-,32+,33?/m1/s1. The van der Waals surface area contributed by atoms with Gasteiger partial charge in [0.2, 0.25) is 0 Å². The van der Waals surface area contributed by atoms with E-state index < -0.39 is 11.2 Å². The van der Waals surface area contributed by atoms with Crippen molar-refractivity contribution in [3.63, 3.8) is 0 Å². The van der Waals surface area contributed by atoms with Crippen molar-refractivity contribution in [3.8, 4) is 33.6 Å². The molecule has 7 atom stereocenters. The van der Waals surface area contributed by atoms with Crippen LogP contribution >= 0.6 is 0 Å². The molecule has 3 aliphatic carbocycles. The number of carbonyl (C=O) groups excluding carboxylic acids is 2. The maximum Gasteiger partial charge on any atom is 0.411 e. The van der Waals surface area contributed by atoms with Gasteiger partial charge >= 0.3 is 12.1 Å². The Morgan fingerprint density at radius 2 is 1.23 bits per heavy atom. The fraction of sp³-hybridized carbons (Fsp3) is 0.487. The number of hydrogen-bond acceptors (Lipinski definition) is 6. The highest BCUT2D eigenvalue weighted by Crippen LogP contribution is 2.61. The Bertz CT molecular complexity index is 1710. The minimum atomic E-state index is -0.530. The van der Waals surface area contributed by atoms with E-state index in [1.807, 2.05) is 58.8 Å². The summed E-state index contributed by atoms with van der Waals surface area (Å²) < 4.78 is 11.5. The number of piperidine rings is 1. The lowest BCUT2D eigenvalue weighted by Gasteiger charge is -2.29. The fourth-order valence-corrected chi connectivity index (χ4v) is 8.03. The Hall–Kier alpha value is -4.40. The number of H-pyrrole nitrogens is 2. The first-order chi connectivity index (χ1) is 22.8. The average Bonchev–Trinajstić information content (AvgIpc) is 3.62. The molecule has 2 aromatic carbocycles. The summed E-state index contributed by atoms with van der Waals surface area (Å²) in [6, 6.07) is 17.1. The molecule has 250 valence electrons. The van der Waals surface area contributed by atoms with Crippen molar-refractivity contribution in [1.82, 2.24) is 24.8 Å². The summed E-state index contributed by atoms with van der Waals surface area (Å²) in [5.41, 5.74) is 5.20. The monoisotopic (exact) mass is 647 g/mol. The number of imidazole rings is 2. The number of esters is 1. The summed E-state index contributed by atoms with van der Waals surface area (Å²) >= 11 is 0. The molecule has 0 bridgehead atoms. The smallest absolute Gasteiger partial charge is 0.411 e. The predicted molar refractivity (Wildman–Crippen MR) is 183 cm³/mol. The molecular weight excluding hydrogens is 602 g/mol. The van der Waals surface area contributed by atoms with Crippen molar-refractivity contribution >= 4 is 12.1 Å². The zero-order valence-electron chi connectivity index (χ0n) is 28.6. The van der Waals surface area contributed by atoms with Gasteiger partial charge < -0.3 is 19.4 Å². The molecule has 9 nitrogen and oxygen atoms in total. The van der Waals surface area contributed by atoms with Crippen LogP contribution in [0.4, 0.5) is 4.79 Å². The normalized spacial score (nSPS) is 27.4. The molecule has 2 aromatic heterocycles. The van der Waals surface area contributed by atoms with Gasteiger partial charge in [0.1, 0.15) is 22.9 Å². The van der Waals surface area contributed by atoms with E-state index in [-0.39, 0.29) is 36.0 Å². The third kappa shape index (κ3) is 5.92. The van der Waals surface area contributed by atoms with Crippen LogP contribution in [0.25, 0.3) is 33.6 Å². The molecule has 0 spiro atoms. The number of carbonyl (C=O) groups is 2. The molecule has 0 radical (unpaired) electrons. The third-order valence-corrected chi connectivity index (χ3v) is 10.4. The minimum absolute atomic E-state index is 0.0776. The van der Waals surface area contributed by atoms with E-state index >= 15 is 0 Å². The Labute approximate surface area is 281 Å². The van der Waals surface area contributed by atoms with Crippen LogP contribution in [0.1, 0.15) is 90.8 Å². The molecule has 4 fully saturated rings. The van der Waals surface area contributed by atoms with Gasteiger partial charge in [0, 0.05) is 12.0 Å². The fourth-order valence-electron chi connectivity index (χ4n) is 8.03. The van der Waals surface area contributed by atoms with E-state index in [1.54, 1.807) is 0 Å². The molecule has 4 aromatic rings. The predicted octanol–water partition coefficient (Wildman–Crippen LogP) is 8.29. The first-order valence-corrected chi connectivity index (χ1v) is 17.4. The zero-order chi connectivity index (χ0) is 33.5. The number of nitrogens with one attached hydrogen (secondary N) is 2. The number of fused-ring (bicyclic) bond motifs is 2. The molecule has 3 saturated carbocycles. The Kier molecular flexibility index (Phi) is 7.13. The van der Waals surface area contributed by atoms with Crippen LogP contribution in [0.2, 0.25) is 0 Å². The molecule has 1 aliphatic heterocycles. The summed E-state index contributed by atoms with van der Waals surface area (Å²) in [4.78, 5) is 44.5. The quantitative estimate of drug-likeness (QED) is 0.204. The number of nitrogens with zero attached hydrogens (tertiary/aromatic N) is 3. The topological polar surface area (TPSA) is 113 Å². The molecule has 3 heterocycles. The van der Waals surface area contributed by atoms with Crippen molar-refractivity contribution < 1.29 is 19.1 Å². The lowest BCUT2D eigenvalue weighted by atomic mass is 9.90. The molecule has 8 rings (SSSR count). The number of hydrogen-bond donors (Lipinski definition) is 2. The van der Waals surface area contributed by atoms with Gasteiger partial charge in [-0.25, -0.2) is 14.8 Å². The van der Waals surface area contributed by atoms with Crippen molar-refractivity contribution in [3.05, 3.63) is 72.6 Å². The number of aromatic amines is 2. The van der Waals surface area contributed by atoms with E-state index in [1.165, 1.54) is 0 Å². The van der Waals surface area contributed by atoms with Crippen LogP contribution in [-0.2, 0) is 14.3 Å². The van der Waals surface area contributed by atoms with Crippen molar-refractivity contribution in [1.29, 1.82) is 0 Å². The van der Waals surface area contributed by atoms with E-state index in [4.69, 9.17) is 19.4 Å². The summed E-state index contributed by atoms with van der Waals surface area (Å²) in [6.45, 7) is 11.5. The van der Waals surface area contributed by atoms with Gasteiger partial charge in [0.05, 0.1) is 35.7 Å². The number of benzene rings is 2. The molecule has 1 saturated heterocycles. The van der Waals surface area contributed by atoms with Crippen LogP contribution < -0.4 is 0 Å². The van der Waals surface area contributed by atoms with Crippen LogP contribution in [0.15, 0.2) is 60.9 Å². The zero-order valence-corrected chi connectivity index (χ0v) is 28.6. The maximum absolute atomic E-state index is 13.1. The highest BCUT2D eigenvalue weighted by atomic mass is 16.6. The van der Waals surface area contributed by atoms with E-state index in [0.29, 0.717) is 17.8 Å². The van der Waals surface area contributed by atoms with Crippen molar-refractivity contribution in [2.24, 2.45) is 23.7 Å². The second-order valence-corrected chi connectivity index (χ2v) is 16.3. The summed E-state index contributed by atoms with van der Waals surface area (Å²) in [7, 11) is 0. The first kappa shape index (κ1) is 30.9. The van der Waals surface area contributed by atoms with Crippen LogP contribution in [-0.4, -0.2) is 54.1 Å². The first-order valence-electron chi connectivity index (χ1n) is 17.4. The van der Waals surface area contributed by atoms with E-state index in [2.05, 4.69) is 58.5 Å². The molecule has 4 aliphatic rings. The van der Waals surface area contributed by atoms with Crippen LogP contribution in [0.5, 0.6) is 0 Å². The SMILES string of the molecule is CC(C)(C)OC(=O)C1[C@H](c2ncc(-c3ccc(-c4ccc(-c5cnc([C@@H]6C[C@H]7C[C@H]7N6C(=O)OC(C)(C)C)[nH]5)cc4)cc3)[nH]2)C[C@H]2C[C@@H]12. The largest absolute Gasteiger partial charge is 0.460 e. The molecule has 48 heavy (non-hydrogen) atoms. The third-order valence-electron chi connectivity index (χ3n) is 10.4. The van der Waals surface area contributed by atoms with Crippen LogP contribution in [0, 0.1) is 23.7 Å². The highest BCUT2D eigenvalue weighted by Gasteiger charge is 2.58. The molecule has 2 N–H and O–H groups in total. The Morgan fingerprint density at radius 3 is 1.81 bits per heavy atom. The second-order valence-electron chi connectivity index (χ2n) is 16.3. The van der Waals surface area contributed by atoms with E-state index in [9.17, 15) is 9.59 Å². The van der Waals surface area contributed by atoms with Gasteiger partial charge in [-0.15, -0.1) is 0 Å². The van der Waals surface area contributed by atoms with Gasteiger partial charge in [0.15, 0.2) is 0 Å². The number of aromatic nitrogens is 4. The summed E-state index contributed by atoms with van der Waals surface area (Å²) in [5.74, 6) is 3.13. The lowest BCUT2D eigenvalue weighted by Crippen LogP contribution is -2.38. The van der Waals surface area contributed by atoms with Crippen molar-refractivity contribution in [2.45, 2.75) is 96.4 Å². The molecular formula is C39H45N5O4. The van der Waals surface area contributed by atoms with Gasteiger partial charge in [-0.2, -0.15) is 0 Å². The average molecular weight is 648 g/mol. The molecule has 1 unspecified atom stereocenters. The van der Waals surface area contributed by atoms with Gasteiger partial charge in [-0.05, 0) is 107 Å². The lowest BCUT2D eigenvalue weighted by molar-refractivity contribution is -0.161. The van der Waals surface area contributed by atoms with E-state index in [0.717, 1.165) is 71.0 Å². The Balaban J connectivity index is 0.935. The summed E-state index contributed by atoms with van der Waals surface area (Å²) in [6.07, 6.45) is 7.56. The molecule has 9 heteroatoms. The Morgan fingerprint density at radius 1 is 0.688 bits per heavy atom. The van der Waals surface area contributed by atoms with Gasteiger partial charge in [-0.1, -0.05) is 48.5 Å². The van der Waals surface area contributed by atoms with Gasteiger partial charge in [-0.3, -0.25) is 9.69 Å². The van der Waals surface area contributed by atoms with Crippen molar-refractivity contribution in [2.75, 3.05) is 0 Å². The minimum Gasteiger partial charge on any atom is -0.460 e. The molecule has 1 amide bonds. The summed E-state index contributed by atoms with van der Waals surface area (Å²) in [5, 5.41) is 0.